The predicted octanol–water partition coefficient (Wildman–Crippen LogP) is 1.11. The average Bonchev–Trinajstić information content (AvgIpc) is 2.60. The zero-order valence-corrected chi connectivity index (χ0v) is 7.95. The second-order valence-corrected chi connectivity index (χ2v) is 3.25. The SMILES string of the molecule is NCc1ccn(CCCCCO)c1. The lowest BCUT2D eigenvalue weighted by Gasteiger charge is -2.01. The quantitative estimate of drug-likeness (QED) is 0.647. The summed E-state index contributed by atoms with van der Waals surface area (Å²) in [4.78, 5) is 0. The normalized spacial score (nSPS) is 10.6. The van der Waals surface area contributed by atoms with Crippen molar-refractivity contribution < 1.29 is 5.11 Å². The van der Waals surface area contributed by atoms with Gasteiger partial charge < -0.3 is 15.4 Å². The summed E-state index contributed by atoms with van der Waals surface area (Å²) >= 11 is 0. The molecule has 0 aliphatic carbocycles. The van der Waals surface area contributed by atoms with Gasteiger partial charge in [-0.25, -0.2) is 0 Å². The Balaban J connectivity index is 2.20. The van der Waals surface area contributed by atoms with Crippen molar-refractivity contribution in [1.82, 2.24) is 4.57 Å². The molecule has 0 spiro atoms. The molecular formula is C10H18N2O. The number of aliphatic hydroxyl groups is 1. The van der Waals surface area contributed by atoms with E-state index in [4.69, 9.17) is 10.8 Å². The van der Waals surface area contributed by atoms with Crippen LogP contribution in [-0.4, -0.2) is 16.3 Å². The molecule has 0 amide bonds. The molecule has 3 N–H and O–H groups in total. The first-order chi connectivity index (χ1) is 6.36. The zero-order valence-electron chi connectivity index (χ0n) is 7.95. The van der Waals surface area contributed by atoms with Crippen molar-refractivity contribution in [1.29, 1.82) is 0 Å². The van der Waals surface area contributed by atoms with Crippen molar-refractivity contribution in [2.45, 2.75) is 32.4 Å². The van der Waals surface area contributed by atoms with Crippen LogP contribution in [0.3, 0.4) is 0 Å². The van der Waals surface area contributed by atoms with E-state index in [0.29, 0.717) is 13.2 Å². The third-order valence-electron chi connectivity index (χ3n) is 2.12. The van der Waals surface area contributed by atoms with Crippen molar-refractivity contribution in [2.75, 3.05) is 6.61 Å². The number of aliphatic hydroxyl groups excluding tert-OH is 1. The molecule has 0 aliphatic rings. The van der Waals surface area contributed by atoms with Crippen LogP contribution >= 0.6 is 0 Å². The van der Waals surface area contributed by atoms with Gasteiger partial charge in [-0.3, -0.25) is 0 Å². The minimum Gasteiger partial charge on any atom is -0.396 e. The molecule has 0 atom stereocenters. The van der Waals surface area contributed by atoms with Crippen molar-refractivity contribution in [3.05, 3.63) is 24.0 Å². The summed E-state index contributed by atoms with van der Waals surface area (Å²) in [6.45, 7) is 1.95. The van der Waals surface area contributed by atoms with Crippen LogP contribution in [0.2, 0.25) is 0 Å². The van der Waals surface area contributed by atoms with E-state index in [0.717, 1.165) is 25.8 Å². The van der Waals surface area contributed by atoms with Gasteiger partial charge in [-0.1, -0.05) is 0 Å². The number of nitrogens with zero attached hydrogens (tertiary/aromatic N) is 1. The second kappa shape index (κ2) is 5.78. The van der Waals surface area contributed by atoms with E-state index in [9.17, 15) is 0 Å². The van der Waals surface area contributed by atoms with E-state index in [1.807, 2.05) is 6.07 Å². The zero-order chi connectivity index (χ0) is 9.52. The fraction of sp³-hybridized carbons (Fsp3) is 0.600. The predicted molar refractivity (Wildman–Crippen MR) is 53.3 cm³/mol. The standard InChI is InChI=1S/C10H18N2O/c11-8-10-4-6-12(9-10)5-2-1-3-7-13/h4,6,9,13H,1-3,5,7-8,11H2. The maximum atomic E-state index is 8.58. The van der Waals surface area contributed by atoms with Gasteiger partial charge in [0.05, 0.1) is 0 Å². The van der Waals surface area contributed by atoms with Gasteiger partial charge in [0, 0.05) is 32.1 Å². The lowest BCUT2D eigenvalue weighted by atomic mass is 10.2. The smallest absolute Gasteiger partial charge is 0.0431 e. The molecule has 1 rings (SSSR count). The molecule has 3 nitrogen and oxygen atoms in total. The molecule has 0 bridgehead atoms. The summed E-state index contributed by atoms with van der Waals surface area (Å²) in [5, 5.41) is 8.58. The summed E-state index contributed by atoms with van der Waals surface area (Å²) < 4.78 is 2.15. The Labute approximate surface area is 79.2 Å². The Hall–Kier alpha value is -0.800. The number of hydrogen-bond acceptors (Lipinski definition) is 2. The molecule has 0 saturated heterocycles. The Morgan fingerprint density at radius 1 is 1.31 bits per heavy atom. The van der Waals surface area contributed by atoms with E-state index >= 15 is 0 Å². The van der Waals surface area contributed by atoms with Crippen molar-refractivity contribution >= 4 is 0 Å². The van der Waals surface area contributed by atoms with Gasteiger partial charge >= 0.3 is 0 Å². The first kappa shape index (κ1) is 10.3. The molecular weight excluding hydrogens is 164 g/mol. The summed E-state index contributed by atoms with van der Waals surface area (Å²) in [6.07, 6.45) is 7.26. The van der Waals surface area contributed by atoms with Gasteiger partial charge in [-0.05, 0) is 30.9 Å². The minimum atomic E-state index is 0.305. The highest BCUT2D eigenvalue weighted by molar-refractivity contribution is 5.09. The van der Waals surface area contributed by atoms with Crippen LogP contribution in [0.25, 0.3) is 0 Å². The number of rotatable bonds is 6. The summed E-state index contributed by atoms with van der Waals surface area (Å²) in [6, 6.07) is 2.05. The van der Waals surface area contributed by atoms with Crippen LogP contribution in [0, 0.1) is 0 Å². The molecule has 3 heteroatoms. The van der Waals surface area contributed by atoms with Gasteiger partial charge in [0.1, 0.15) is 0 Å². The molecule has 13 heavy (non-hydrogen) atoms. The number of unbranched alkanes of at least 4 members (excludes halogenated alkanes) is 2. The molecule has 0 unspecified atom stereocenters. The maximum Gasteiger partial charge on any atom is 0.0431 e. The van der Waals surface area contributed by atoms with Crippen LogP contribution in [0.4, 0.5) is 0 Å². The third-order valence-corrected chi connectivity index (χ3v) is 2.12. The molecule has 1 aromatic heterocycles. The Morgan fingerprint density at radius 3 is 2.77 bits per heavy atom. The Kier molecular flexibility index (Phi) is 4.57. The molecule has 0 fully saturated rings. The van der Waals surface area contributed by atoms with Crippen molar-refractivity contribution in [3.8, 4) is 0 Å². The number of aromatic nitrogens is 1. The largest absolute Gasteiger partial charge is 0.396 e. The highest BCUT2D eigenvalue weighted by Crippen LogP contribution is 2.03. The molecule has 0 saturated carbocycles. The molecule has 1 aromatic rings. The van der Waals surface area contributed by atoms with E-state index in [1.165, 1.54) is 5.56 Å². The molecule has 74 valence electrons. The summed E-state index contributed by atoms with van der Waals surface area (Å²) in [7, 11) is 0. The Morgan fingerprint density at radius 2 is 2.15 bits per heavy atom. The first-order valence-electron chi connectivity index (χ1n) is 4.82. The van der Waals surface area contributed by atoms with Crippen LogP contribution < -0.4 is 5.73 Å². The fourth-order valence-corrected chi connectivity index (χ4v) is 1.33. The van der Waals surface area contributed by atoms with E-state index < -0.39 is 0 Å². The van der Waals surface area contributed by atoms with Gasteiger partial charge in [-0.15, -0.1) is 0 Å². The Bertz CT molecular complexity index is 233. The maximum absolute atomic E-state index is 8.58. The molecule has 0 aromatic carbocycles. The van der Waals surface area contributed by atoms with Crippen molar-refractivity contribution in [2.24, 2.45) is 5.73 Å². The van der Waals surface area contributed by atoms with E-state index in [-0.39, 0.29) is 0 Å². The highest BCUT2D eigenvalue weighted by Gasteiger charge is 1.94. The van der Waals surface area contributed by atoms with Crippen LogP contribution in [0.15, 0.2) is 18.5 Å². The lowest BCUT2D eigenvalue weighted by molar-refractivity contribution is 0.282. The molecule has 1 heterocycles. The number of aryl methyl sites for hydroxylation is 1. The van der Waals surface area contributed by atoms with Gasteiger partial charge in [0.15, 0.2) is 0 Å². The van der Waals surface area contributed by atoms with Gasteiger partial charge in [0.2, 0.25) is 0 Å². The van der Waals surface area contributed by atoms with Crippen LogP contribution in [0.5, 0.6) is 0 Å². The van der Waals surface area contributed by atoms with Gasteiger partial charge in [0.25, 0.3) is 0 Å². The first-order valence-corrected chi connectivity index (χ1v) is 4.82. The third kappa shape index (κ3) is 3.61. The van der Waals surface area contributed by atoms with E-state index in [2.05, 4.69) is 17.0 Å². The molecule has 0 aliphatic heterocycles. The highest BCUT2D eigenvalue weighted by atomic mass is 16.2. The average molecular weight is 182 g/mol. The minimum absolute atomic E-state index is 0.305. The number of nitrogens with two attached hydrogens (primary N) is 1. The molecule has 0 radical (unpaired) electrons. The second-order valence-electron chi connectivity index (χ2n) is 3.25. The monoisotopic (exact) mass is 182 g/mol. The summed E-state index contributed by atoms with van der Waals surface area (Å²) in [5.74, 6) is 0. The van der Waals surface area contributed by atoms with Crippen LogP contribution in [-0.2, 0) is 13.1 Å². The number of hydrogen-bond donors (Lipinski definition) is 2. The topological polar surface area (TPSA) is 51.2 Å². The lowest BCUT2D eigenvalue weighted by Crippen LogP contribution is -1.97. The van der Waals surface area contributed by atoms with Gasteiger partial charge in [-0.2, -0.15) is 0 Å². The van der Waals surface area contributed by atoms with Crippen molar-refractivity contribution in [3.63, 3.8) is 0 Å². The fourth-order valence-electron chi connectivity index (χ4n) is 1.33. The van der Waals surface area contributed by atoms with E-state index in [1.54, 1.807) is 0 Å². The van der Waals surface area contributed by atoms with Crippen LogP contribution in [0.1, 0.15) is 24.8 Å². The summed E-state index contributed by atoms with van der Waals surface area (Å²) in [5.41, 5.74) is 6.68.